The maximum absolute atomic E-state index is 11.8. The molecule has 1 aromatic carbocycles. The van der Waals surface area contributed by atoms with Gasteiger partial charge in [0.15, 0.2) is 5.69 Å². The first-order valence-electron chi connectivity index (χ1n) is 5.48. The third-order valence-electron chi connectivity index (χ3n) is 2.39. The van der Waals surface area contributed by atoms with E-state index < -0.39 is 11.9 Å². The summed E-state index contributed by atoms with van der Waals surface area (Å²) in [7, 11) is 0. The molecule has 0 spiro atoms. The summed E-state index contributed by atoms with van der Waals surface area (Å²) in [6.45, 7) is -0.129. The number of carboxylic acids is 1. The number of amides is 1. The molecule has 20 heavy (non-hydrogen) atoms. The summed E-state index contributed by atoms with van der Waals surface area (Å²) in [4.78, 5) is 22.5. The monoisotopic (exact) mass is 313 g/mol. The summed E-state index contributed by atoms with van der Waals surface area (Å²) < 4.78 is 1.22. The lowest BCUT2D eigenvalue weighted by atomic mass is 10.3. The second-order valence-corrected chi connectivity index (χ2v) is 4.64. The zero-order chi connectivity index (χ0) is 14.7. The molecule has 0 aliphatic rings. The van der Waals surface area contributed by atoms with Gasteiger partial charge in [0.05, 0.1) is 15.7 Å². The zero-order valence-corrected chi connectivity index (χ0v) is 11.5. The summed E-state index contributed by atoms with van der Waals surface area (Å²) in [5, 5.41) is 15.6. The summed E-state index contributed by atoms with van der Waals surface area (Å²) in [6.07, 6.45) is 1.41. The van der Waals surface area contributed by atoms with E-state index in [1.54, 1.807) is 18.2 Å². The van der Waals surface area contributed by atoms with Crippen molar-refractivity contribution in [2.45, 2.75) is 6.54 Å². The fraction of sp³-hybridized carbons (Fsp3) is 0.0833. The molecule has 1 amide bonds. The molecule has 0 unspecified atom stereocenters. The number of halogens is 2. The minimum absolute atomic E-state index is 0.126. The van der Waals surface area contributed by atoms with Crippen molar-refractivity contribution in [3.63, 3.8) is 0 Å². The average Bonchev–Trinajstić information content (AvgIpc) is 2.83. The van der Waals surface area contributed by atoms with Crippen molar-refractivity contribution in [2.24, 2.45) is 0 Å². The molecule has 2 rings (SSSR count). The third kappa shape index (κ3) is 3.28. The number of anilines is 1. The Labute approximate surface area is 123 Å². The highest BCUT2D eigenvalue weighted by atomic mass is 35.5. The van der Waals surface area contributed by atoms with Crippen LogP contribution in [-0.4, -0.2) is 26.8 Å². The second-order valence-electron chi connectivity index (χ2n) is 3.85. The summed E-state index contributed by atoms with van der Waals surface area (Å²) in [6, 6.07) is 6.17. The maximum atomic E-state index is 11.8. The molecule has 2 N–H and O–H groups in total. The van der Waals surface area contributed by atoms with Gasteiger partial charge in [-0.3, -0.25) is 9.48 Å². The molecule has 1 heterocycles. The molecule has 0 atom stereocenters. The Morgan fingerprint density at radius 3 is 2.70 bits per heavy atom. The molecule has 0 fully saturated rings. The van der Waals surface area contributed by atoms with E-state index >= 15 is 0 Å². The summed E-state index contributed by atoms with van der Waals surface area (Å²) in [5.74, 6) is -1.55. The lowest BCUT2D eigenvalue weighted by molar-refractivity contribution is -0.116. The number of carbonyl (C=O) groups is 2. The molecule has 0 saturated heterocycles. The fourth-order valence-electron chi connectivity index (χ4n) is 1.50. The van der Waals surface area contributed by atoms with Gasteiger partial charge in [-0.15, -0.1) is 0 Å². The minimum atomic E-state index is -1.15. The van der Waals surface area contributed by atoms with Gasteiger partial charge in [-0.2, -0.15) is 5.10 Å². The molecular weight excluding hydrogens is 305 g/mol. The molecular formula is C12H9Cl2N3O3. The van der Waals surface area contributed by atoms with Crippen LogP contribution in [0.15, 0.2) is 30.5 Å². The van der Waals surface area contributed by atoms with Crippen molar-refractivity contribution in [1.82, 2.24) is 9.78 Å². The number of hydrogen-bond donors (Lipinski definition) is 2. The normalized spacial score (nSPS) is 10.3. The number of nitrogens with zero attached hydrogens (tertiary/aromatic N) is 2. The Morgan fingerprint density at radius 1 is 1.30 bits per heavy atom. The van der Waals surface area contributed by atoms with Gasteiger partial charge in [0.2, 0.25) is 5.91 Å². The number of hydrogen-bond acceptors (Lipinski definition) is 3. The molecule has 6 nitrogen and oxygen atoms in total. The van der Waals surface area contributed by atoms with E-state index in [0.717, 1.165) is 0 Å². The van der Waals surface area contributed by atoms with Gasteiger partial charge in [-0.05, 0) is 18.2 Å². The lowest BCUT2D eigenvalue weighted by Crippen LogP contribution is -2.19. The van der Waals surface area contributed by atoms with Gasteiger partial charge in [-0.1, -0.05) is 29.3 Å². The van der Waals surface area contributed by atoms with E-state index in [9.17, 15) is 9.59 Å². The summed E-state index contributed by atoms with van der Waals surface area (Å²) in [5.41, 5.74) is 0.258. The number of carboxylic acid groups (broad SMARTS) is 1. The molecule has 2 aromatic rings. The Kier molecular flexibility index (Phi) is 4.26. The highest BCUT2D eigenvalue weighted by Crippen LogP contribution is 2.29. The van der Waals surface area contributed by atoms with Crippen molar-refractivity contribution in [3.8, 4) is 0 Å². The molecule has 0 aliphatic carbocycles. The van der Waals surface area contributed by atoms with Gasteiger partial charge in [0.1, 0.15) is 6.54 Å². The van der Waals surface area contributed by atoms with E-state index in [1.807, 2.05) is 0 Å². The number of carbonyl (C=O) groups excluding carboxylic acids is 1. The molecule has 104 valence electrons. The van der Waals surface area contributed by atoms with Crippen LogP contribution >= 0.6 is 23.2 Å². The van der Waals surface area contributed by atoms with Crippen LogP contribution in [0, 0.1) is 0 Å². The SMILES string of the molecule is O=C(Cn1ccc(C(=O)O)n1)Nc1cccc(Cl)c1Cl. The van der Waals surface area contributed by atoms with Crippen molar-refractivity contribution in [2.75, 3.05) is 5.32 Å². The van der Waals surface area contributed by atoms with Crippen LogP contribution in [0.2, 0.25) is 10.0 Å². The van der Waals surface area contributed by atoms with Crippen molar-refractivity contribution < 1.29 is 14.7 Å². The molecule has 1 aromatic heterocycles. The first-order valence-corrected chi connectivity index (χ1v) is 6.23. The Bertz CT molecular complexity index is 670. The van der Waals surface area contributed by atoms with Gasteiger partial charge >= 0.3 is 5.97 Å². The predicted octanol–water partition coefficient (Wildman–Crippen LogP) is 2.53. The van der Waals surface area contributed by atoms with Crippen molar-refractivity contribution >= 4 is 40.8 Å². The largest absolute Gasteiger partial charge is 0.476 e. The molecule has 0 radical (unpaired) electrons. The van der Waals surface area contributed by atoms with Crippen LogP contribution in [-0.2, 0) is 11.3 Å². The van der Waals surface area contributed by atoms with Crippen LogP contribution in [0.1, 0.15) is 10.5 Å². The van der Waals surface area contributed by atoms with Gasteiger partial charge in [0, 0.05) is 6.20 Å². The van der Waals surface area contributed by atoms with Crippen LogP contribution in [0.3, 0.4) is 0 Å². The van der Waals surface area contributed by atoms with Crippen LogP contribution in [0.5, 0.6) is 0 Å². The highest BCUT2D eigenvalue weighted by molar-refractivity contribution is 6.43. The smallest absolute Gasteiger partial charge is 0.356 e. The van der Waals surface area contributed by atoms with E-state index in [1.165, 1.54) is 16.9 Å². The van der Waals surface area contributed by atoms with Gasteiger partial charge < -0.3 is 10.4 Å². The molecule has 0 saturated carbocycles. The Morgan fingerprint density at radius 2 is 2.05 bits per heavy atom. The van der Waals surface area contributed by atoms with E-state index in [-0.39, 0.29) is 17.3 Å². The number of rotatable bonds is 4. The standard InChI is InChI=1S/C12H9Cl2N3O3/c13-7-2-1-3-8(11(7)14)15-10(18)6-17-5-4-9(16-17)12(19)20/h1-5H,6H2,(H,15,18)(H,19,20). The minimum Gasteiger partial charge on any atom is -0.476 e. The van der Waals surface area contributed by atoms with Gasteiger partial charge in [0.25, 0.3) is 0 Å². The zero-order valence-electron chi connectivity index (χ0n) is 10.0. The number of benzene rings is 1. The van der Waals surface area contributed by atoms with Crippen LogP contribution < -0.4 is 5.32 Å². The third-order valence-corrected chi connectivity index (χ3v) is 3.21. The fourth-order valence-corrected chi connectivity index (χ4v) is 1.85. The van der Waals surface area contributed by atoms with Crippen LogP contribution in [0.4, 0.5) is 5.69 Å². The highest BCUT2D eigenvalue weighted by Gasteiger charge is 2.11. The predicted molar refractivity (Wildman–Crippen MR) is 74.3 cm³/mol. The first kappa shape index (κ1) is 14.4. The summed E-state index contributed by atoms with van der Waals surface area (Å²) >= 11 is 11.8. The molecule has 0 aliphatic heterocycles. The maximum Gasteiger partial charge on any atom is 0.356 e. The van der Waals surface area contributed by atoms with E-state index in [0.29, 0.717) is 10.7 Å². The second kappa shape index (κ2) is 5.94. The van der Waals surface area contributed by atoms with Crippen molar-refractivity contribution in [1.29, 1.82) is 0 Å². The average molecular weight is 314 g/mol. The topological polar surface area (TPSA) is 84.2 Å². The quantitative estimate of drug-likeness (QED) is 0.908. The van der Waals surface area contributed by atoms with Crippen molar-refractivity contribution in [3.05, 3.63) is 46.2 Å². The Balaban J connectivity index is 2.05. The van der Waals surface area contributed by atoms with Crippen LogP contribution in [0.25, 0.3) is 0 Å². The van der Waals surface area contributed by atoms with E-state index in [4.69, 9.17) is 28.3 Å². The molecule has 0 bridgehead atoms. The Hall–Kier alpha value is -2.05. The number of aromatic carboxylic acids is 1. The number of nitrogens with one attached hydrogen (secondary N) is 1. The lowest BCUT2D eigenvalue weighted by Gasteiger charge is -2.08. The molecule has 8 heteroatoms. The van der Waals surface area contributed by atoms with E-state index in [2.05, 4.69) is 10.4 Å². The van der Waals surface area contributed by atoms with Gasteiger partial charge in [-0.25, -0.2) is 4.79 Å². The first-order chi connectivity index (χ1) is 9.47. The number of aromatic nitrogens is 2.